The van der Waals surface area contributed by atoms with Gasteiger partial charge in [0, 0.05) is 54.7 Å². The number of aryl methyl sites for hydroxylation is 2. The first-order valence-electron chi connectivity index (χ1n) is 23.4. The molecule has 0 spiro atoms. The maximum atomic E-state index is 14.0. The van der Waals surface area contributed by atoms with Crippen LogP contribution in [-0.4, -0.2) is 27.6 Å². The number of imidazole rings is 1. The molecule has 0 bridgehead atoms. The van der Waals surface area contributed by atoms with Crippen LogP contribution in [0, 0.1) is 37.1 Å². The number of fused-ring (bicyclic) bond motifs is 8. The third kappa shape index (κ3) is 7.87. The van der Waals surface area contributed by atoms with Gasteiger partial charge >= 0.3 is 0 Å². The van der Waals surface area contributed by atoms with E-state index in [1.54, 1.807) is 24.4 Å². The monoisotopic (exact) mass is 1040 g/mol. The van der Waals surface area contributed by atoms with E-state index in [1.807, 2.05) is 81.4 Å². The van der Waals surface area contributed by atoms with Crippen LogP contribution in [0.2, 0.25) is 19.6 Å². The molecule has 5 heterocycles. The molecule has 11 rings (SSSR count). The molecule has 5 aromatic heterocycles. The summed E-state index contributed by atoms with van der Waals surface area (Å²) >= 11 is 0. The normalized spacial score (nSPS) is 13.7. The Kier molecular flexibility index (Phi) is 9.51. The Labute approximate surface area is 393 Å². The third-order valence-corrected chi connectivity index (χ3v) is 13.2. The van der Waals surface area contributed by atoms with Gasteiger partial charge in [-0.1, -0.05) is 106 Å². The van der Waals surface area contributed by atoms with Crippen molar-refractivity contribution in [2.75, 3.05) is 0 Å². The molecule has 0 saturated heterocycles. The Morgan fingerprint density at radius 3 is 2.41 bits per heavy atom. The van der Waals surface area contributed by atoms with E-state index >= 15 is 0 Å². The molecule has 321 valence electrons. The topological polar surface area (TPSA) is 69.9 Å². The van der Waals surface area contributed by atoms with Gasteiger partial charge < -0.3 is 18.4 Å². The van der Waals surface area contributed by atoms with Gasteiger partial charge in [0.25, 0.3) is 0 Å². The summed E-state index contributed by atoms with van der Waals surface area (Å²) in [5, 5.41) is 5.55. The molecule has 9 heteroatoms. The molecule has 6 aromatic carbocycles. The first-order valence-corrected chi connectivity index (χ1v) is 24.4. The fraction of sp³-hybridized carbons (Fsp3) is 0.182. The number of furan rings is 2. The average molecular weight is 1040 g/mol. The zero-order valence-corrected chi connectivity index (χ0v) is 39.8. The zero-order chi connectivity index (χ0) is 48.1. The largest absolute Gasteiger partial charge is 0.486 e. The number of aromatic nitrogens is 4. The van der Waals surface area contributed by atoms with Gasteiger partial charge in [-0.3, -0.25) is 4.98 Å². The summed E-state index contributed by atoms with van der Waals surface area (Å²) in [5.74, 6) is 0.376. The zero-order valence-electron chi connectivity index (χ0n) is 41.4. The molecule has 11 aromatic rings. The fourth-order valence-electron chi connectivity index (χ4n) is 8.35. The molecule has 1 radical (unpaired) electrons. The minimum absolute atomic E-state index is 0. The summed E-state index contributed by atoms with van der Waals surface area (Å²) < 4.78 is 69.0. The maximum Gasteiger partial charge on any atom is 0.216 e. The molecule has 0 aliphatic rings. The number of rotatable bonds is 5. The minimum atomic E-state index is -2.17. The molecular weight excluding hydrogens is 988 g/mol. The van der Waals surface area contributed by atoms with Crippen molar-refractivity contribution in [3.8, 4) is 28.3 Å². The Morgan fingerprint density at radius 1 is 0.812 bits per heavy atom. The standard InChI is InChI=1S/C35H19FN3O2.C20H28NSi.Ir/c1-19-13-16-29(33-31(19)23-7-2-5-12-30(23)40-33)39-28-11-4-3-10-27(28)37-34(39)24-9-6-8-22-25-18-20-17-21(36)14-15-26(20)38-35(25)41-32(22)24;1-15-8-10-16(11-9-15)18-12-17(13-20(2,3)4)19(14-21-18)22(5,6)7;/h2-8,10-18H,1H3;8-10,12,14H,13H2,1-7H3;/q2*-1;/i;1D3,13D2;. The minimum Gasteiger partial charge on any atom is -0.486 e. The summed E-state index contributed by atoms with van der Waals surface area (Å²) in [6, 6.07) is 43.6. The van der Waals surface area contributed by atoms with E-state index in [0.717, 1.165) is 60.2 Å². The number of nitrogens with zero attached hydrogens (tertiary/aromatic N) is 4. The van der Waals surface area contributed by atoms with Gasteiger partial charge in [0.1, 0.15) is 11.4 Å². The number of hydrogen-bond donors (Lipinski definition) is 0. The van der Waals surface area contributed by atoms with Crippen molar-refractivity contribution >= 4 is 79.2 Å². The Morgan fingerprint density at radius 2 is 1.62 bits per heavy atom. The van der Waals surface area contributed by atoms with Crippen LogP contribution in [0.5, 0.6) is 0 Å². The fourth-order valence-corrected chi connectivity index (χ4v) is 9.75. The first-order chi connectivity index (χ1) is 32.2. The second-order valence-corrected chi connectivity index (χ2v) is 23.1. The predicted octanol–water partition coefficient (Wildman–Crippen LogP) is 14.3. The van der Waals surface area contributed by atoms with E-state index in [0.29, 0.717) is 50.4 Å². The van der Waals surface area contributed by atoms with Gasteiger partial charge in [0.2, 0.25) is 5.71 Å². The van der Waals surface area contributed by atoms with Crippen molar-refractivity contribution in [2.45, 2.75) is 60.6 Å². The summed E-state index contributed by atoms with van der Waals surface area (Å²) in [7, 11) is -1.81. The number of para-hydroxylation sites is 3. The van der Waals surface area contributed by atoms with Crippen molar-refractivity contribution in [2.24, 2.45) is 5.41 Å². The number of benzene rings is 6. The Hall–Kier alpha value is -6.25. The molecule has 0 atom stereocenters. The molecule has 0 amide bonds. The van der Waals surface area contributed by atoms with E-state index < -0.39 is 26.7 Å². The molecule has 6 nitrogen and oxygen atoms in total. The predicted molar refractivity (Wildman–Crippen MR) is 259 cm³/mol. The van der Waals surface area contributed by atoms with Crippen LogP contribution in [-0.2, 0) is 26.5 Å². The second-order valence-electron chi connectivity index (χ2n) is 18.1. The summed E-state index contributed by atoms with van der Waals surface area (Å²) in [5.41, 5.74) is 9.51. The molecule has 0 unspecified atom stereocenters. The van der Waals surface area contributed by atoms with E-state index in [4.69, 9.17) is 25.7 Å². The molecule has 0 aliphatic heterocycles. The molecule has 0 fully saturated rings. The van der Waals surface area contributed by atoms with Gasteiger partial charge in [0.15, 0.2) is 5.58 Å². The summed E-state index contributed by atoms with van der Waals surface area (Å²) in [4.78, 5) is 14.3. The number of halogens is 1. The first kappa shape index (κ1) is 37.2. The van der Waals surface area contributed by atoms with Crippen LogP contribution in [0.4, 0.5) is 4.39 Å². The van der Waals surface area contributed by atoms with E-state index in [1.165, 1.54) is 18.2 Å². The van der Waals surface area contributed by atoms with E-state index in [-0.39, 0.29) is 31.5 Å². The van der Waals surface area contributed by atoms with Crippen molar-refractivity contribution in [1.29, 1.82) is 0 Å². The van der Waals surface area contributed by atoms with E-state index in [9.17, 15) is 4.39 Å². The molecule has 0 saturated carbocycles. The van der Waals surface area contributed by atoms with Crippen LogP contribution in [0.1, 0.15) is 44.3 Å². The van der Waals surface area contributed by atoms with Gasteiger partial charge in [0.05, 0.1) is 41.7 Å². The van der Waals surface area contributed by atoms with Crippen LogP contribution in [0.25, 0.3) is 94.3 Å². The maximum absolute atomic E-state index is 14.0. The Balaban J connectivity index is 0.000000186. The SMILES string of the molecule is Cc1ccc(-n2c(-c3[c-]ccc4c3oc3nc5ccc(F)cc5cc34)nc3ccccc32)c2oc3ccccc3c12.[2H]C([2H])([2H])c1c[c-]c(-c2cc(C([2H])([2H])C(C)(C)C)c([Si](C)(C)C)cn2)cc1.[Ir]. The second kappa shape index (κ2) is 16.4. The number of pyridine rings is 2. The van der Waals surface area contributed by atoms with Gasteiger partial charge in [-0.15, -0.1) is 53.6 Å². The quantitative estimate of drug-likeness (QED) is 0.127. The average Bonchev–Trinajstić information content (AvgIpc) is 3.99. The van der Waals surface area contributed by atoms with Gasteiger partial charge in [-0.05, 0) is 83.7 Å². The molecular formula is C55H47FIrN4O2Si-2. The Bertz CT molecular complexity index is 3770. The molecule has 64 heavy (non-hydrogen) atoms. The molecule has 0 N–H and O–H groups in total. The van der Waals surface area contributed by atoms with E-state index in [2.05, 4.69) is 72.5 Å². The number of hydrogen-bond acceptors (Lipinski definition) is 5. The summed E-state index contributed by atoms with van der Waals surface area (Å²) in [6.45, 7) is 12.2. The van der Waals surface area contributed by atoms with Crippen molar-refractivity contribution in [3.05, 3.63) is 162 Å². The third-order valence-electron chi connectivity index (χ3n) is 11.2. The van der Waals surface area contributed by atoms with Crippen LogP contribution in [0.15, 0.2) is 136 Å². The van der Waals surface area contributed by atoms with Crippen molar-refractivity contribution in [3.63, 3.8) is 0 Å². The van der Waals surface area contributed by atoms with Gasteiger partial charge in [-0.2, -0.15) is 0 Å². The van der Waals surface area contributed by atoms with Crippen LogP contribution < -0.4 is 5.19 Å². The van der Waals surface area contributed by atoms with Crippen molar-refractivity contribution in [1.82, 2.24) is 19.5 Å². The van der Waals surface area contributed by atoms with Gasteiger partial charge in [-0.25, -0.2) is 9.37 Å². The van der Waals surface area contributed by atoms with Crippen LogP contribution in [0.3, 0.4) is 0 Å². The molecule has 0 aliphatic carbocycles. The smallest absolute Gasteiger partial charge is 0.216 e. The van der Waals surface area contributed by atoms with Crippen molar-refractivity contribution < 1.29 is 40.2 Å². The summed E-state index contributed by atoms with van der Waals surface area (Å²) in [6.07, 6.45) is 0.269. The van der Waals surface area contributed by atoms with Crippen LogP contribution >= 0.6 is 0 Å².